The van der Waals surface area contributed by atoms with E-state index < -0.39 is 11.2 Å². The monoisotopic (exact) mass is 375 g/mol. The SMILES string of the molecule is CC(C)Nc1nc([S+](C)[O-])cc2cnc(NC(=O)C3CCCCC3)nc12. The number of amides is 1. The van der Waals surface area contributed by atoms with Gasteiger partial charge in [0.05, 0.1) is 0 Å². The van der Waals surface area contributed by atoms with Crippen molar-refractivity contribution in [2.24, 2.45) is 5.92 Å². The molecular formula is C18H25N5O2S. The standard InChI is InChI=1S/C18H25N5O2S/c1-11(2)20-16-15-13(9-14(21-16)26(3)25)10-19-18(22-15)23-17(24)12-7-5-4-6-8-12/h9-12H,4-8H2,1-3H3,(H,20,21)(H,19,22,23,24). The highest BCUT2D eigenvalue weighted by molar-refractivity contribution is 7.90. The largest absolute Gasteiger partial charge is 0.610 e. The Morgan fingerprint density at radius 1 is 1.27 bits per heavy atom. The molecule has 2 aromatic rings. The number of pyridine rings is 1. The predicted octanol–water partition coefficient (Wildman–Crippen LogP) is 3.10. The first-order valence-corrected chi connectivity index (χ1v) is 10.6. The first-order chi connectivity index (χ1) is 12.4. The number of aromatic nitrogens is 3. The molecule has 8 heteroatoms. The highest BCUT2D eigenvalue weighted by atomic mass is 32.2. The summed E-state index contributed by atoms with van der Waals surface area (Å²) in [7, 11) is 0. The minimum absolute atomic E-state index is 0.0124. The van der Waals surface area contributed by atoms with Crippen molar-refractivity contribution in [3.05, 3.63) is 12.3 Å². The molecule has 1 fully saturated rings. The Bertz CT molecular complexity index is 790. The van der Waals surface area contributed by atoms with Gasteiger partial charge < -0.3 is 9.87 Å². The lowest BCUT2D eigenvalue weighted by molar-refractivity contribution is -0.120. The van der Waals surface area contributed by atoms with Gasteiger partial charge >= 0.3 is 0 Å². The highest BCUT2D eigenvalue weighted by Crippen LogP contribution is 2.26. The second-order valence-electron chi connectivity index (χ2n) is 7.02. The molecular weight excluding hydrogens is 350 g/mol. The predicted molar refractivity (Wildman–Crippen MR) is 104 cm³/mol. The van der Waals surface area contributed by atoms with Gasteiger partial charge in [0.15, 0.2) is 5.82 Å². The summed E-state index contributed by atoms with van der Waals surface area (Å²) in [6.45, 7) is 3.99. The van der Waals surface area contributed by atoms with E-state index in [4.69, 9.17) is 0 Å². The van der Waals surface area contributed by atoms with Crippen LogP contribution < -0.4 is 10.6 Å². The summed E-state index contributed by atoms with van der Waals surface area (Å²) in [5.41, 5.74) is 0.613. The summed E-state index contributed by atoms with van der Waals surface area (Å²) < 4.78 is 11.8. The number of anilines is 2. The van der Waals surface area contributed by atoms with Crippen LogP contribution in [0.3, 0.4) is 0 Å². The van der Waals surface area contributed by atoms with Crippen molar-refractivity contribution < 1.29 is 9.35 Å². The van der Waals surface area contributed by atoms with Crippen LogP contribution in [0, 0.1) is 5.92 Å². The smallest absolute Gasteiger partial charge is 0.246 e. The second-order valence-corrected chi connectivity index (χ2v) is 8.34. The van der Waals surface area contributed by atoms with Crippen LogP contribution in [0.5, 0.6) is 0 Å². The maximum absolute atomic E-state index is 12.4. The van der Waals surface area contributed by atoms with E-state index in [1.54, 1.807) is 18.5 Å². The van der Waals surface area contributed by atoms with Crippen molar-refractivity contribution in [2.75, 3.05) is 16.9 Å². The number of carbonyl (C=O) groups is 1. The molecule has 0 aromatic carbocycles. The van der Waals surface area contributed by atoms with Crippen LogP contribution in [0.2, 0.25) is 0 Å². The zero-order valence-corrected chi connectivity index (χ0v) is 16.2. The lowest BCUT2D eigenvalue weighted by atomic mass is 9.89. The minimum atomic E-state index is -1.20. The molecule has 0 spiro atoms. The van der Waals surface area contributed by atoms with Gasteiger partial charge in [0.25, 0.3) is 0 Å². The van der Waals surface area contributed by atoms with Crippen LogP contribution in [-0.4, -0.2) is 37.7 Å². The molecule has 0 radical (unpaired) electrons. The van der Waals surface area contributed by atoms with E-state index in [0.717, 1.165) is 31.1 Å². The molecule has 0 aliphatic heterocycles. The summed E-state index contributed by atoms with van der Waals surface area (Å²) in [5, 5.41) is 7.30. The van der Waals surface area contributed by atoms with Gasteiger partial charge in [-0.05, 0) is 26.7 Å². The lowest BCUT2D eigenvalue weighted by Gasteiger charge is -2.20. The molecule has 140 valence electrons. The normalized spacial score (nSPS) is 16.7. The summed E-state index contributed by atoms with van der Waals surface area (Å²) >= 11 is -1.20. The number of carbonyl (C=O) groups excluding carboxylic acids is 1. The number of hydrogen-bond acceptors (Lipinski definition) is 6. The first-order valence-electron chi connectivity index (χ1n) is 9.02. The van der Waals surface area contributed by atoms with E-state index in [9.17, 15) is 9.35 Å². The van der Waals surface area contributed by atoms with Gasteiger partial charge in [0, 0.05) is 40.8 Å². The second kappa shape index (κ2) is 8.18. The third-order valence-electron chi connectivity index (χ3n) is 4.47. The fourth-order valence-corrected chi connectivity index (χ4v) is 3.69. The maximum Gasteiger partial charge on any atom is 0.246 e. The fraction of sp³-hybridized carbons (Fsp3) is 0.556. The average Bonchev–Trinajstić information content (AvgIpc) is 2.62. The third-order valence-corrected chi connectivity index (χ3v) is 5.27. The summed E-state index contributed by atoms with van der Waals surface area (Å²) in [4.78, 5) is 25.6. The quantitative estimate of drug-likeness (QED) is 0.779. The van der Waals surface area contributed by atoms with Gasteiger partial charge in [0.2, 0.25) is 16.9 Å². The maximum atomic E-state index is 12.4. The topological polar surface area (TPSA) is 103 Å². The van der Waals surface area contributed by atoms with Crippen LogP contribution in [-0.2, 0) is 16.0 Å². The molecule has 1 unspecified atom stereocenters. The van der Waals surface area contributed by atoms with Gasteiger partial charge in [-0.1, -0.05) is 19.3 Å². The zero-order valence-electron chi connectivity index (χ0n) is 15.4. The van der Waals surface area contributed by atoms with E-state index in [2.05, 4.69) is 25.6 Å². The van der Waals surface area contributed by atoms with E-state index in [1.165, 1.54) is 6.42 Å². The van der Waals surface area contributed by atoms with E-state index in [0.29, 0.717) is 16.4 Å². The molecule has 2 aromatic heterocycles. The van der Waals surface area contributed by atoms with E-state index in [1.807, 2.05) is 13.8 Å². The van der Waals surface area contributed by atoms with Crippen molar-refractivity contribution in [1.29, 1.82) is 0 Å². The molecule has 1 saturated carbocycles. The van der Waals surface area contributed by atoms with Crippen molar-refractivity contribution in [1.82, 2.24) is 15.0 Å². The molecule has 1 amide bonds. The van der Waals surface area contributed by atoms with Gasteiger partial charge in [-0.3, -0.25) is 10.1 Å². The fourth-order valence-electron chi connectivity index (χ4n) is 3.17. The van der Waals surface area contributed by atoms with Gasteiger partial charge in [-0.25, -0.2) is 9.97 Å². The molecule has 1 aliphatic carbocycles. The molecule has 7 nitrogen and oxygen atoms in total. The number of hydrogen-bond donors (Lipinski definition) is 2. The van der Waals surface area contributed by atoms with E-state index in [-0.39, 0.29) is 23.8 Å². The number of rotatable bonds is 5. The summed E-state index contributed by atoms with van der Waals surface area (Å²) in [5.74, 6) is 0.867. The molecule has 1 aliphatic rings. The Morgan fingerprint density at radius 3 is 2.65 bits per heavy atom. The number of fused-ring (bicyclic) bond motifs is 1. The Labute approximate surface area is 156 Å². The molecule has 3 rings (SSSR count). The Kier molecular flexibility index (Phi) is 5.93. The first kappa shape index (κ1) is 18.8. The van der Waals surface area contributed by atoms with Gasteiger partial charge in [-0.2, -0.15) is 4.98 Å². The van der Waals surface area contributed by atoms with E-state index >= 15 is 0 Å². The molecule has 2 heterocycles. The van der Waals surface area contributed by atoms with Gasteiger partial charge in [-0.15, -0.1) is 0 Å². The number of nitrogens with one attached hydrogen (secondary N) is 2. The van der Waals surface area contributed by atoms with Crippen molar-refractivity contribution in [2.45, 2.75) is 57.0 Å². The Balaban J connectivity index is 1.90. The number of nitrogens with zero attached hydrogens (tertiary/aromatic N) is 3. The highest BCUT2D eigenvalue weighted by Gasteiger charge is 2.22. The average molecular weight is 375 g/mol. The van der Waals surface area contributed by atoms with Crippen LogP contribution in [0.4, 0.5) is 11.8 Å². The summed E-state index contributed by atoms with van der Waals surface area (Å²) in [6.07, 6.45) is 8.47. The van der Waals surface area contributed by atoms with Gasteiger partial charge in [0.1, 0.15) is 11.8 Å². The molecule has 1 atom stereocenters. The minimum Gasteiger partial charge on any atom is -0.610 e. The molecule has 0 saturated heterocycles. The van der Waals surface area contributed by atoms with Crippen LogP contribution in [0.15, 0.2) is 17.3 Å². The van der Waals surface area contributed by atoms with Crippen molar-refractivity contribution >= 4 is 39.8 Å². The van der Waals surface area contributed by atoms with Crippen molar-refractivity contribution in [3.8, 4) is 0 Å². The Morgan fingerprint density at radius 2 is 2.00 bits per heavy atom. The molecule has 0 bridgehead atoms. The van der Waals surface area contributed by atoms with Crippen LogP contribution in [0.25, 0.3) is 10.9 Å². The van der Waals surface area contributed by atoms with Crippen molar-refractivity contribution in [3.63, 3.8) is 0 Å². The lowest BCUT2D eigenvalue weighted by Crippen LogP contribution is -2.25. The van der Waals surface area contributed by atoms with Crippen LogP contribution in [0.1, 0.15) is 46.0 Å². The van der Waals surface area contributed by atoms with Crippen LogP contribution >= 0.6 is 0 Å². The molecule has 26 heavy (non-hydrogen) atoms. The third kappa shape index (κ3) is 4.42. The Hall–Kier alpha value is -1.93. The summed E-state index contributed by atoms with van der Waals surface area (Å²) in [6, 6.07) is 1.87. The molecule has 2 N–H and O–H groups in total. The zero-order chi connectivity index (χ0) is 18.7.